The Balaban J connectivity index is 1.76. The minimum atomic E-state index is 0.308. The van der Waals surface area contributed by atoms with Gasteiger partial charge in [-0.3, -0.25) is 0 Å². The fourth-order valence-corrected chi connectivity index (χ4v) is 3.33. The number of anilines is 1. The topological polar surface area (TPSA) is 12.0 Å². The van der Waals surface area contributed by atoms with Crippen molar-refractivity contribution in [1.29, 1.82) is 0 Å². The first-order chi connectivity index (χ1) is 10.1. The molecule has 2 aromatic carbocycles. The average molecular weight is 295 g/mol. The lowest BCUT2D eigenvalue weighted by atomic mass is 9.99. The lowest BCUT2D eigenvalue weighted by Gasteiger charge is -2.17. The maximum atomic E-state index is 3.59. The molecule has 1 nitrogen and oxygen atoms in total. The molecule has 21 heavy (non-hydrogen) atoms. The van der Waals surface area contributed by atoms with E-state index in [1.807, 2.05) is 0 Å². The van der Waals surface area contributed by atoms with Crippen LogP contribution in [0.15, 0.2) is 53.9 Å². The minimum absolute atomic E-state index is 0.308. The lowest BCUT2D eigenvalue weighted by molar-refractivity contribution is 0.852. The van der Waals surface area contributed by atoms with Crippen LogP contribution in [0.2, 0.25) is 0 Å². The van der Waals surface area contributed by atoms with Crippen LogP contribution in [0.5, 0.6) is 0 Å². The molecule has 0 saturated heterocycles. The highest BCUT2D eigenvalue weighted by Gasteiger charge is 2.07. The Morgan fingerprint density at radius 3 is 2.29 bits per heavy atom. The zero-order chi connectivity index (χ0) is 14.8. The van der Waals surface area contributed by atoms with Crippen molar-refractivity contribution in [2.75, 3.05) is 5.32 Å². The molecular formula is C19H21NS. The van der Waals surface area contributed by atoms with Crippen LogP contribution in [0, 0.1) is 0 Å². The van der Waals surface area contributed by atoms with Crippen LogP contribution in [0.1, 0.15) is 43.9 Å². The predicted octanol–water partition coefficient (Wildman–Crippen LogP) is 6.20. The Morgan fingerprint density at radius 2 is 1.57 bits per heavy atom. The first kappa shape index (κ1) is 14.2. The smallest absolute Gasteiger partial charge is 0.0485 e. The largest absolute Gasteiger partial charge is 0.379 e. The number of hydrogen-bond acceptors (Lipinski definition) is 2. The molecule has 0 spiro atoms. The Kier molecular flexibility index (Phi) is 3.98. The molecule has 1 aromatic heterocycles. The Bertz CT molecular complexity index is 725. The fraction of sp³-hybridized carbons (Fsp3) is 0.263. The normalized spacial score (nSPS) is 12.8. The van der Waals surface area contributed by atoms with E-state index in [-0.39, 0.29) is 0 Å². The van der Waals surface area contributed by atoms with Crippen molar-refractivity contribution in [3.63, 3.8) is 0 Å². The van der Waals surface area contributed by atoms with Crippen molar-refractivity contribution in [3.05, 3.63) is 65.0 Å². The van der Waals surface area contributed by atoms with E-state index in [4.69, 9.17) is 0 Å². The van der Waals surface area contributed by atoms with Crippen molar-refractivity contribution in [1.82, 2.24) is 0 Å². The summed E-state index contributed by atoms with van der Waals surface area (Å²) in [5.41, 5.74) is 3.90. The van der Waals surface area contributed by atoms with E-state index in [2.05, 4.69) is 80.0 Å². The third-order valence-electron chi connectivity index (χ3n) is 3.94. The van der Waals surface area contributed by atoms with Gasteiger partial charge < -0.3 is 5.32 Å². The molecule has 1 atom stereocenters. The highest BCUT2D eigenvalue weighted by atomic mass is 32.1. The van der Waals surface area contributed by atoms with E-state index in [9.17, 15) is 0 Å². The summed E-state index contributed by atoms with van der Waals surface area (Å²) in [4.78, 5) is 0. The molecule has 0 saturated carbocycles. The first-order valence-electron chi connectivity index (χ1n) is 7.47. The molecule has 0 radical (unpaired) electrons. The van der Waals surface area contributed by atoms with Crippen LogP contribution in [-0.2, 0) is 0 Å². The summed E-state index contributed by atoms with van der Waals surface area (Å²) in [7, 11) is 0. The molecule has 0 aliphatic carbocycles. The van der Waals surface area contributed by atoms with E-state index in [1.165, 1.54) is 26.9 Å². The van der Waals surface area contributed by atoms with Crippen LogP contribution in [-0.4, -0.2) is 0 Å². The van der Waals surface area contributed by atoms with Crippen LogP contribution in [0.3, 0.4) is 0 Å². The van der Waals surface area contributed by atoms with E-state index in [0.717, 1.165) is 0 Å². The van der Waals surface area contributed by atoms with Gasteiger partial charge in [0.2, 0.25) is 0 Å². The molecule has 108 valence electrons. The van der Waals surface area contributed by atoms with Crippen molar-refractivity contribution in [2.45, 2.75) is 32.7 Å². The molecule has 3 rings (SSSR count). The number of hydrogen-bond donors (Lipinski definition) is 1. The second kappa shape index (κ2) is 5.90. The molecule has 0 amide bonds. The molecule has 3 aromatic rings. The molecular weight excluding hydrogens is 274 g/mol. The summed E-state index contributed by atoms with van der Waals surface area (Å²) in [6.07, 6.45) is 0. The van der Waals surface area contributed by atoms with Gasteiger partial charge in [0.1, 0.15) is 0 Å². The van der Waals surface area contributed by atoms with Crippen molar-refractivity contribution < 1.29 is 0 Å². The molecule has 0 fully saturated rings. The van der Waals surface area contributed by atoms with Gasteiger partial charge in [-0.15, -0.1) is 11.3 Å². The second-order valence-electron chi connectivity index (χ2n) is 5.86. The minimum Gasteiger partial charge on any atom is -0.379 e. The quantitative estimate of drug-likeness (QED) is 0.604. The summed E-state index contributed by atoms with van der Waals surface area (Å²) >= 11 is 1.79. The maximum Gasteiger partial charge on any atom is 0.0485 e. The van der Waals surface area contributed by atoms with E-state index >= 15 is 0 Å². The molecule has 2 heteroatoms. The van der Waals surface area contributed by atoms with Crippen LogP contribution in [0.25, 0.3) is 10.1 Å². The van der Waals surface area contributed by atoms with E-state index < -0.39 is 0 Å². The average Bonchev–Trinajstić information content (AvgIpc) is 2.95. The third-order valence-corrected chi connectivity index (χ3v) is 4.84. The summed E-state index contributed by atoms with van der Waals surface area (Å²) in [5.74, 6) is 0.586. The van der Waals surface area contributed by atoms with Gasteiger partial charge in [0.25, 0.3) is 0 Å². The number of rotatable bonds is 4. The summed E-state index contributed by atoms with van der Waals surface area (Å²) in [5, 5.41) is 7.05. The van der Waals surface area contributed by atoms with Crippen LogP contribution >= 0.6 is 11.3 Å². The zero-order valence-corrected chi connectivity index (χ0v) is 13.6. The van der Waals surface area contributed by atoms with Gasteiger partial charge in [0.15, 0.2) is 0 Å². The maximum absolute atomic E-state index is 3.59. The standard InChI is InChI=1S/C19H21NS/c1-13(2)15-4-6-16(7-5-15)14(3)20-18-8-9-19-17(12-18)10-11-21-19/h4-14,20H,1-3H3. The predicted molar refractivity (Wildman–Crippen MR) is 94.4 cm³/mol. The summed E-state index contributed by atoms with van der Waals surface area (Å²) in [6, 6.07) is 18.0. The van der Waals surface area contributed by atoms with Crippen molar-refractivity contribution >= 4 is 27.1 Å². The Morgan fingerprint density at radius 1 is 0.857 bits per heavy atom. The summed E-state index contributed by atoms with van der Waals surface area (Å²) in [6.45, 7) is 6.67. The third kappa shape index (κ3) is 3.11. The molecule has 0 aliphatic rings. The van der Waals surface area contributed by atoms with Gasteiger partial charge in [0, 0.05) is 16.4 Å². The van der Waals surface area contributed by atoms with Gasteiger partial charge in [0.05, 0.1) is 0 Å². The highest BCUT2D eigenvalue weighted by Crippen LogP contribution is 2.27. The molecule has 1 unspecified atom stereocenters. The number of fused-ring (bicyclic) bond motifs is 1. The fourth-order valence-electron chi connectivity index (χ4n) is 2.56. The Hall–Kier alpha value is -1.80. The highest BCUT2D eigenvalue weighted by molar-refractivity contribution is 7.17. The van der Waals surface area contributed by atoms with Crippen LogP contribution < -0.4 is 5.32 Å². The van der Waals surface area contributed by atoms with Gasteiger partial charge in [-0.2, -0.15) is 0 Å². The summed E-state index contributed by atoms with van der Waals surface area (Å²) < 4.78 is 1.34. The molecule has 0 bridgehead atoms. The van der Waals surface area contributed by atoms with Gasteiger partial charge >= 0.3 is 0 Å². The van der Waals surface area contributed by atoms with E-state index in [1.54, 1.807) is 11.3 Å². The molecule has 1 heterocycles. The number of benzene rings is 2. The van der Waals surface area contributed by atoms with Gasteiger partial charge in [-0.05, 0) is 59.0 Å². The van der Waals surface area contributed by atoms with Gasteiger partial charge in [-0.25, -0.2) is 0 Å². The van der Waals surface area contributed by atoms with Crippen LogP contribution in [0.4, 0.5) is 5.69 Å². The van der Waals surface area contributed by atoms with Crippen molar-refractivity contribution in [3.8, 4) is 0 Å². The monoisotopic (exact) mass is 295 g/mol. The second-order valence-corrected chi connectivity index (χ2v) is 6.81. The zero-order valence-electron chi connectivity index (χ0n) is 12.8. The number of thiophene rings is 1. The van der Waals surface area contributed by atoms with Gasteiger partial charge in [-0.1, -0.05) is 38.1 Å². The number of nitrogens with one attached hydrogen (secondary N) is 1. The SMILES string of the molecule is CC(C)c1ccc(C(C)Nc2ccc3sccc3c2)cc1. The van der Waals surface area contributed by atoms with Crippen molar-refractivity contribution in [2.24, 2.45) is 0 Å². The van der Waals surface area contributed by atoms with E-state index in [0.29, 0.717) is 12.0 Å². The lowest BCUT2D eigenvalue weighted by Crippen LogP contribution is -2.06. The first-order valence-corrected chi connectivity index (χ1v) is 8.35. The Labute approximate surface area is 130 Å². The molecule has 0 aliphatic heterocycles. The molecule has 1 N–H and O–H groups in total.